The van der Waals surface area contributed by atoms with Crippen LogP contribution in [0.3, 0.4) is 0 Å². The maximum absolute atomic E-state index is 12.7. The molecule has 0 aliphatic heterocycles. The third-order valence-corrected chi connectivity index (χ3v) is 8.58. The van der Waals surface area contributed by atoms with Crippen molar-refractivity contribution in [3.8, 4) is 50.5 Å². The molecule has 0 radical (unpaired) electrons. The SMILES string of the molecule is COc1ccc(OC)c(-c2cc(-c3ccccc3)nc(SCCC(=O)Nc3nc(-c4cccs4)cs3)c2C#N)c1. The first-order valence-corrected chi connectivity index (χ1v) is 15.0. The Balaban J connectivity index is 1.40. The first-order chi connectivity index (χ1) is 19.6. The third kappa shape index (κ3) is 6.18. The number of pyridine rings is 1. The zero-order valence-corrected chi connectivity index (χ0v) is 24.2. The van der Waals surface area contributed by atoms with Crippen LogP contribution in [-0.4, -0.2) is 35.8 Å². The molecule has 3 heterocycles. The van der Waals surface area contributed by atoms with Crippen LogP contribution in [-0.2, 0) is 4.79 Å². The summed E-state index contributed by atoms with van der Waals surface area (Å²) in [5.41, 5.74) is 4.31. The van der Waals surface area contributed by atoms with E-state index in [0.29, 0.717) is 38.5 Å². The molecule has 5 rings (SSSR count). The number of benzene rings is 2. The highest BCUT2D eigenvalue weighted by Crippen LogP contribution is 2.40. The Morgan fingerprint density at radius 1 is 0.975 bits per heavy atom. The number of thiazole rings is 1. The molecule has 0 spiro atoms. The third-order valence-electron chi connectivity index (χ3n) is 5.96. The number of thiophene rings is 1. The molecular weight excluding hydrogens is 561 g/mol. The summed E-state index contributed by atoms with van der Waals surface area (Å²) in [4.78, 5) is 23.1. The molecule has 0 aliphatic rings. The van der Waals surface area contributed by atoms with Crippen LogP contribution < -0.4 is 14.8 Å². The molecule has 200 valence electrons. The van der Waals surface area contributed by atoms with Crippen molar-refractivity contribution in [2.75, 3.05) is 25.3 Å². The Hall–Kier alpha value is -4.17. The number of hydrogen-bond donors (Lipinski definition) is 1. The number of amides is 1. The van der Waals surface area contributed by atoms with Gasteiger partial charge in [-0.15, -0.1) is 34.4 Å². The number of methoxy groups -OCH3 is 2. The molecule has 1 amide bonds. The van der Waals surface area contributed by atoms with Gasteiger partial charge < -0.3 is 14.8 Å². The summed E-state index contributed by atoms with van der Waals surface area (Å²) >= 11 is 4.38. The summed E-state index contributed by atoms with van der Waals surface area (Å²) in [6, 6.07) is 23.5. The summed E-state index contributed by atoms with van der Waals surface area (Å²) in [5, 5.41) is 18.2. The molecule has 0 aliphatic carbocycles. The molecule has 0 unspecified atom stereocenters. The van der Waals surface area contributed by atoms with Gasteiger partial charge >= 0.3 is 0 Å². The lowest BCUT2D eigenvalue weighted by Crippen LogP contribution is -2.12. The van der Waals surface area contributed by atoms with E-state index in [1.54, 1.807) is 25.6 Å². The van der Waals surface area contributed by atoms with E-state index in [0.717, 1.165) is 27.4 Å². The average Bonchev–Trinajstić information content (AvgIpc) is 3.69. The highest BCUT2D eigenvalue weighted by atomic mass is 32.2. The van der Waals surface area contributed by atoms with E-state index in [1.807, 2.05) is 77.5 Å². The van der Waals surface area contributed by atoms with Crippen molar-refractivity contribution in [1.82, 2.24) is 9.97 Å². The largest absolute Gasteiger partial charge is 0.497 e. The van der Waals surface area contributed by atoms with E-state index < -0.39 is 0 Å². The van der Waals surface area contributed by atoms with E-state index in [1.165, 1.54) is 23.1 Å². The zero-order chi connectivity index (χ0) is 27.9. The summed E-state index contributed by atoms with van der Waals surface area (Å²) in [5.74, 6) is 1.55. The van der Waals surface area contributed by atoms with Gasteiger partial charge in [0.2, 0.25) is 5.91 Å². The number of anilines is 1. The van der Waals surface area contributed by atoms with Gasteiger partial charge in [0.25, 0.3) is 0 Å². The maximum Gasteiger partial charge on any atom is 0.226 e. The second-order valence-electron chi connectivity index (χ2n) is 8.44. The molecule has 1 N–H and O–H groups in total. The number of ether oxygens (including phenoxy) is 2. The molecule has 0 fully saturated rings. The van der Waals surface area contributed by atoms with Crippen molar-refractivity contribution in [2.24, 2.45) is 0 Å². The molecule has 7 nitrogen and oxygen atoms in total. The lowest BCUT2D eigenvalue weighted by atomic mass is 9.98. The number of nitrogens with one attached hydrogen (secondary N) is 1. The first-order valence-electron chi connectivity index (χ1n) is 12.2. The molecule has 2 aromatic carbocycles. The van der Waals surface area contributed by atoms with Gasteiger partial charge in [-0.3, -0.25) is 4.79 Å². The highest BCUT2D eigenvalue weighted by molar-refractivity contribution is 7.99. The van der Waals surface area contributed by atoms with E-state index in [9.17, 15) is 10.1 Å². The van der Waals surface area contributed by atoms with Crippen molar-refractivity contribution < 1.29 is 14.3 Å². The maximum atomic E-state index is 12.7. The molecular formula is C30H24N4O3S3. The van der Waals surface area contributed by atoms with Crippen LogP contribution in [0.5, 0.6) is 11.5 Å². The Kier molecular flexibility index (Phi) is 8.76. The van der Waals surface area contributed by atoms with Crippen LogP contribution in [0.2, 0.25) is 0 Å². The number of rotatable bonds is 10. The number of nitrogens with zero attached hydrogens (tertiary/aromatic N) is 3. The predicted molar refractivity (Wildman–Crippen MR) is 162 cm³/mol. The summed E-state index contributed by atoms with van der Waals surface area (Å²) in [7, 11) is 3.19. The number of thioether (sulfide) groups is 1. The van der Waals surface area contributed by atoms with Crippen molar-refractivity contribution in [1.29, 1.82) is 5.26 Å². The summed E-state index contributed by atoms with van der Waals surface area (Å²) in [6.45, 7) is 0. The van der Waals surface area contributed by atoms with Crippen LogP contribution in [0.15, 0.2) is 82.5 Å². The average molecular weight is 585 g/mol. The van der Waals surface area contributed by atoms with Crippen LogP contribution in [0.1, 0.15) is 12.0 Å². The Bertz CT molecular complexity index is 1660. The minimum atomic E-state index is -0.146. The molecule has 3 aromatic heterocycles. The molecule has 0 bridgehead atoms. The predicted octanol–water partition coefficient (Wildman–Crippen LogP) is 7.61. The van der Waals surface area contributed by atoms with Crippen molar-refractivity contribution >= 4 is 45.5 Å². The van der Waals surface area contributed by atoms with Gasteiger partial charge in [0.05, 0.1) is 36.0 Å². The van der Waals surface area contributed by atoms with E-state index >= 15 is 0 Å². The molecule has 40 heavy (non-hydrogen) atoms. The number of aromatic nitrogens is 2. The van der Waals surface area contributed by atoms with Gasteiger partial charge in [0, 0.05) is 34.2 Å². The van der Waals surface area contributed by atoms with E-state index in [2.05, 4.69) is 16.4 Å². The lowest BCUT2D eigenvalue weighted by molar-refractivity contribution is -0.115. The van der Waals surface area contributed by atoms with Crippen LogP contribution >= 0.6 is 34.4 Å². The number of carbonyl (C=O) groups is 1. The molecule has 10 heteroatoms. The van der Waals surface area contributed by atoms with E-state index in [-0.39, 0.29) is 12.3 Å². The zero-order valence-electron chi connectivity index (χ0n) is 21.7. The minimum Gasteiger partial charge on any atom is -0.497 e. The van der Waals surface area contributed by atoms with Gasteiger partial charge in [0.15, 0.2) is 5.13 Å². The Morgan fingerprint density at radius 2 is 1.82 bits per heavy atom. The number of hydrogen-bond acceptors (Lipinski definition) is 9. The number of carbonyl (C=O) groups excluding carboxylic acids is 1. The molecule has 0 saturated heterocycles. The Labute approximate surface area is 244 Å². The fraction of sp³-hybridized carbons (Fsp3) is 0.133. The van der Waals surface area contributed by atoms with Gasteiger partial charge in [-0.2, -0.15) is 5.26 Å². The van der Waals surface area contributed by atoms with Crippen molar-refractivity contribution in [3.63, 3.8) is 0 Å². The summed E-state index contributed by atoms with van der Waals surface area (Å²) < 4.78 is 11.1. The standard InChI is InChI=1S/C30H24N4O3S3/c1-36-20-10-11-26(37-2)22(15-20)21-16-24(19-7-4-3-5-8-19)32-29(23(21)17-31)39-14-12-28(35)34-30-33-25(18-40-30)27-9-6-13-38-27/h3-11,13,15-16,18H,12,14H2,1-2H3,(H,33,34,35). The van der Waals surface area contributed by atoms with Crippen LogP contribution in [0, 0.1) is 11.3 Å². The molecule has 5 aromatic rings. The summed E-state index contributed by atoms with van der Waals surface area (Å²) in [6.07, 6.45) is 0.235. The fourth-order valence-electron chi connectivity index (χ4n) is 4.02. The second-order valence-corrected chi connectivity index (χ2v) is 11.3. The monoisotopic (exact) mass is 584 g/mol. The normalized spacial score (nSPS) is 10.6. The first kappa shape index (κ1) is 27.4. The van der Waals surface area contributed by atoms with Crippen molar-refractivity contribution in [3.05, 3.63) is 83.1 Å². The smallest absolute Gasteiger partial charge is 0.226 e. The van der Waals surface area contributed by atoms with E-state index in [4.69, 9.17) is 14.5 Å². The fourth-order valence-corrected chi connectivity index (χ4v) is 6.45. The van der Waals surface area contributed by atoms with Crippen LogP contribution in [0.4, 0.5) is 5.13 Å². The van der Waals surface area contributed by atoms with Gasteiger partial charge in [-0.05, 0) is 35.7 Å². The van der Waals surface area contributed by atoms with Gasteiger partial charge in [-0.25, -0.2) is 9.97 Å². The molecule has 0 atom stereocenters. The second kappa shape index (κ2) is 12.8. The van der Waals surface area contributed by atoms with Crippen molar-refractivity contribution in [2.45, 2.75) is 11.4 Å². The topological polar surface area (TPSA) is 97.1 Å². The highest BCUT2D eigenvalue weighted by Gasteiger charge is 2.20. The van der Waals surface area contributed by atoms with Crippen LogP contribution in [0.25, 0.3) is 33.0 Å². The molecule has 0 saturated carbocycles. The Morgan fingerprint density at radius 3 is 2.55 bits per heavy atom. The van der Waals surface area contributed by atoms with Gasteiger partial charge in [0.1, 0.15) is 22.6 Å². The number of nitriles is 1. The minimum absolute atomic E-state index is 0.146. The lowest BCUT2D eigenvalue weighted by Gasteiger charge is -2.15. The quantitative estimate of drug-likeness (QED) is 0.169. The van der Waals surface area contributed by atoms with Gasteiger partial charge in [-0.1, -0.05) is 36.4 Å².